The predicted molar refractivity (Wildman–Crippen MR) is 58.4 cm³/mol. The average Bonchev–Trinajstić information content (AvgIpc) is 2.19. The summed E-state index contributed by atoms with van der Waals surface area (Å²) in [6.45, 7) is 4.96. The summed E-state index contributed by atoms with van der Waals surface area (Å²) in [7, 11) is 0. The second-order valence-electron chi connectivity index (χ2n) is 3.33. The van der Waals surface area contributed by atoms with Gasteiger partial charge in [0.1, 0.15) is 5.82 Å². The molecule has 0 aliphatic heterocycles. The van der Waals surface area contributed by atoms with Crippen LogP contribution in [0.1, 0.15) is 32.3 Å². The Kier molecular flexibility index (Phi) is 4.30. The van der Waals surface area contributed by atoms with Crippen LogP contribution >= 0.6 is 0 Å². The van der Waals surface area contributed by atoms with E-state index in [1.807, 2.05) is 6.92 Å². The Morgan fingerprint density at radius 3 is 2.50 bits per heavy atom. The summed E-state index contributed by atoms with van der Waals surface area (Å²) >= 11 is 0. The Morgan fingerprint density at radius 1 is 1.29 bits per heavy atom. The van der Waals surface area contributed by atoms with E-state index in [2.05, 4.69) is 11.9 Å². The molecule has 0 aliphatic rings. The van der Waals surface area contributed by atoms with Crippen molar-refractivity contribution in [2.45, 2.75) is 26.7 Å². The van der Waals surface area contributed by atoms with Crippen molar-refractivity contribution in [3.05, 3.63) is 35.6 Å². The fraction of sp³-hybridized carbons (Fsp3) is 0.417. The first-order chi connectivity index (χ1) is 6.74. The lowest BCUT2D eigenvalue weighted by atomic mass is 10.1. The molecule has 2 heteroatoms. The van der Waals surface area contributed by atoms with Crippen LogP contribution in [-0.2, 0) is 0 Å². The second kappa shape index (κ2) is 5.53. The van der Waals surface area contributed by atoms with E-state index in [4.69, 9.17) is 0 Å². The molecule has 1 aromatic rings. The molecule has 0 aliphatic carbocycles. The van der Waals surface area contributed by atoms with Gasteiger partial charge in [-0.25, -0.2) is 4.39 Å². The third kappa shape index (κ3) is 3.29. The number of aliphatic imine (C=N–C) groups is 1. The zero-order chi connectivity index (χ0) is 10.4. The number of hydrogen-bond acceptors (Lipinski definition) is 1. The number of benzene rings is 1. The average molecular weight is 193 g/mol. The molecule has 0 saturated heterocycles. The first-order valence-electron chi connectivity index (χ1n) is 5.01. The van der Waals surface area contributed by atoms with Gasteiger partial charge in [0.15, 0.2) is 0 Å². The summed E-state index contributed by atoms with van der Waals surface area (Å²) in [6.07, 6.45) is 2.26. The third-order valence-electron chi connectivity index (χ3n) is 2.12. The van der Waals surface area contributed by atoms with Crippen molar-refractivity contribution in [3.63, 3.8) is 0 Å². The van der Waals surface area contributed by atoms with Crippen LogP contribution in [-0.4, -0.2) is 12.3 Å². The fourth-order valence-electron chi connectivity index (χ4n) is 1.19. The SMILES string of the molecule is CCCCN=C(C)c1ccc(F)cc1. The van der Waals surface area contributed by atoms with Crippen molar-refractivity contribution in [1.82, 2.24) is 0 Å². The van der Waals surface area contributed by atoms with Crippen molar-refractivity contribution in [1.29, 1.82) is 0 Å². The maximum atomic E-state index is 12.6. The summed E-state index contributed by atoms with van der Waals surface area (Å²) in [5.74, 6) is -0.199. The Balaban J connectivity index is 2.64. The Hall–Kier alpha value is -1.18. The van der Waals surface area contributed by atoms with E-state index in [1.54, 1.807) is 12.1 Å². The normalized spacial score (nSPS) is 11.8. The van der Waals surface area contributed by atoms with Crippen LogP contribution < -0.4 is 0 Å². The maximum absolute atomic E-state index is 12.6. The van der Waals surface area contributed by atoms with Crippen LogP contribution in [0.4, 0.5) is 4.39 Å². The molecule has 0 atom stereocenters. The monoisotopic (exact) mass is 193 g/mol. The first kappa shape index (κ1) is 10.9. The van der Waals surface area contributed by atoms with Crippen molar-refractivity contribution in [2.75, 3.05) is 6.54 Å². The van der Waals surface area contributed by atoms with Gasteiger partial charge in [-0.05, 0) is 31.0 Å². The summed E-state index contributed by atoms with van der Waals surface area (Å²) in [6, 6.07) is 6.46. The van der Waals surface area contributed by atoms with Crippen LogP contribution in [0.5, 0.6) is 0 Å². The molecule has 14 heavy (non-hydrogen) atoms. The van der Waals surface area contributed by atoms with E-state index in [1.165, 1.54) is 12.1 Å². The van der Waals surface area contributed by atoms with Gasteiger partial charge in [-0.1, -0.05) is 25.5 Å². The van der Waals surface area contributed by atoms with Gasteiger partial charge in [0.25, 0.3) is 0 Å². The van der Waals surface area contributed by atoms with Gasteiger partial charge in [-0.3, -0.25) is 4.99 Å². The molecular weight excluding hydrogens is 177 g/mol. The Bertz CT molecular complexity index is 301. The van der Waals surface area contributed by atoms with Crippen molar-refractivity contribution < 1.29 is 4.39 Å². The zero-order valence-electron chi connectivity index (χ0n) is 8.76. The van der Waals surface area contributed by atoms with Gasteiger partial charge in [0.2, 0.25) is 0 Å². The summed E-state index contributed by atoms with van der Waals surface area (Å²) in [5.41, 5.74) is 1.99. The summed E-state index contributed by atoms with van der Waals surface area (Å²) in [5, 5.41) is 0. The molecule has 0 spiro atoms. The second-order valence-corrected chi connectivity index (χ2v) is 3.33. The number of unbranched alkanes of at least 4 members (excludes halogenated alkanes) is 1. The smallest absolute Gasteiger partial charge is 0.123 e. The molecular formula is C12H16FN. The quantitative estimate of drug-likeness (QED) is 0.513. The minimum atomic E-state index is -0.199. The zero-order valence-corrected chi connectivity index (χ0v) is 8.76. The van der Waals surface area contributed by atoms with Crippen LogP contribution in [0.25, 0.3) is 0 Å². The first-order valence-corrected chi connectivity index (χ1v) is 5.01. The van der Waals surface area contributed by atoms with Gasteiger partial charge in [0.05, 0.1) is 0 Å². The molecule has 0 radical (unpaired) electrons. The van der Waals surface area contributed by atoms with Gasteiger partial charge in [0, 0.05) is 12.3 Å². The van der Waals surface area contributed by atoms with E-state index in [0.29, 0.717) is 0 Å². The number of hydrogen-bond donors (Lipinski definition) is 0. The standard InChI is InChI=1S/C12H16FN/c1-3-4-9-14-10(2)11-5-7-12(13)8-6-11/h5-8H,3-4,9H2,1-2H3. The molecule has 0 bridgehead atoms. The van der Waals surface area contributed by atoms with Crippen molar-refractivity contribution in [3.8, 4) is 0 Å². The van der Waals surface area contributed by atoms with E-state index < -0.39 is 0 Å². The number of halogens is 1. The lowest BCUT2D eigenvalue weighted by Gasteiger charge is -2.00. The molecule has 1 nitrogen and oxygen atoms in total. The van der Waals surface area contributed by atoms with Crippen molar-refractivity contribution in [2.24, 2.45) is 4.99 Å². The Labute approximate surface area is 84.7 Å². The van der Waals surface area contributed by atoms with Gasteiger partial charge in [-0.15, -0.1) is 0 Å². The van der Waals surface area contributed by atoms with E-state index in [-0.39, 0.29) is 5.82 Å². The highest BCUT2D eigenvalue weighted by atomic mass is 19.1. The van der Waals surface area contributed by atoms with Crippen LogP contribution in [0.15, 0.2) is 29.3 Å². The molecule has 76 valence electrons. The number of nitrogens with zero attached hydrogens (tertiary/aromatic N) is 1. The van der Waals surface area contributed by atoms with Crippen LogP contribution in [0.2, 0.25) is 0 Å². The molecule has 0 saturated carbocycles. The van der Waals surface area contributed by atoms with Gasteiger partial charge < -0.3 is 0 Å². The molecule has 0 aromatic heterocycles. The highest BCUT2D eigenvalue weighted by molar-refractivity contribution is 5.98. The molecule has 0 fully saturated rings. The Morgan fingerprint density at radius 2 is 1.93 bits per heavy atom. The van der Waals surface area contributed by atoms with Crippen molar-refractivity contribution >= 4 is 5.71 Å². The molecule has 0 N–H and O–H groups in total. The number of rotatable bonds is 4. The predicted octanol–water partition coefficient (Wildman–Crippen LogP) is 3.43. The molecule has 1 aromatic carbocycles. The lowest BCUT2D eigenvalue weighted by molar-refractivity contribution is 0.628. The molecule has 0 unspecified atom stereocenters. The van der Waals surface area contributed by atoms with Crippen LogP contribution in [0, 0.1) is 5.82 Å². The highest BCUT2D eigenvalue weighted by Crippen LogP contribution is 2.04. The van der Waals surface area contributed by atoms with E-state index in [0.717, 1.165) is 30.7 Å². The molecule has 0 heterocycles. The van der Waals surface area contributed by atoms with Gasteiger partial charge in [-0.2, -0.15) is 0 Å². The minimum Gasteiger partial charge on any atom is -0.289 e. The lowest BCUT2D eigenvalue weighted by Crippen LogP contribution is -1.96. The molecule has 1 rings (SSSR count). The maximum Gasteiger partial charge on any atom is 0.123 e. The third-order valence-corrected chi connectivity index (χ3v) is 2.12. The van der Waals surface area contributed by atoms with E-state index in [9.17, 15) is 4.39 Å². The highest BCUT2D eigenvalue weighted by Gasteiger charge is 1.96. The minimum absolute atomic E-state index is 0.199. The molecule has 0 amide bonds. The van der Waals surface area contributed by atoms with E-state index >= 15 is 0 Å². The summed E-state index contributed by atoms with van der Waals surface area (Å²) in [4.78, 5) is 4.41. The topological polar surface area (TPSA) is 12.4 Å². The fourth-order valence-corrected chi connectivity index (χ4v) is 1.19. The van der Waals surface area contributed by atoms with Gasteiger partial charge >= 0.3 is 0 Å². The van der Waals surface area contributed by atoms with Crippen LogP contribution in [0.3, 0.4) is 0 Å². The largest absolute Gasteiger partial charge is 0.289 e. The summed E-state index contributed by atoms with van der Waals surface area (Å²) < 4.78 is 12.6.